The fraction of sp³-hybridized carbons (Fsp3) is 0.385. The van der Waals surface area contributed by atoms with Gasteiger partial charge in [0, 0.05) is 16.6 Å². The number of nitrogens with one attached hydrogen (secondary N) is 1. The summed E-state index contributed by atoms with van der Waals surface area (Å²) in [5, 5.41) is 4.67. The molecule has 1 rings (SSSR count). The van der Waals surface area contributed by atoms with Gasteiger partial charge in [-0.1, -0.05) is 48.7 Å². The summed E-state index contributed by atoms with van der Waals surface area (Å²) in [6.45, 7) is 6.14. The van der Waals surface area contributed by atoms with Crippen LogP contribution in [-0.2, 0) is 0 Å². The van der Waals surface area contributed by atoms with Crippen molar-refractivity contribution in [1.82, 2.24) is 5.32 Å². The Labute approximate surface area is 107 Å². The monoisotopic (exact) mass is 257 g/mol. The highest BCUT2D eigenvalue weighted by Gasteiger charge is 1.98. The van der Waals surface area contributed by atoms with Crippen LogP contribution in [0.25, 0.3) is 6.08 Å². The zero-order valence-corrected chi connectivity index (χ0v) is 11.2. The Balaban J connectivity index is 2.85. The molecule has 0 atom stereocenters. The summed E-state index contributed by atoms with van der Waals surface area (Å²) in [5.74, 6) is 0. The van der Waals surface area contributed by atoms with E-state index < -0.39 is 0 Å². The molecule has 0 saturated heterocycles. The third-order valence-electron chi connectivity index (χ3n) is 2.31. The van der Waals surface area contributed by atoms with Crippen molar-refractivity contribution >= 4 is 29.3 Å². The third kappa shape index (κ3) is 4.56. The average molecular weight is 258 g/mol. The lowest BCUT2D eigenvalue weighted by atomic mass is 10.1. The Morgan fingerprint density at radius 2 is 1.81 bits per heavy atom. The van der Waals surface area contributed by atoms with Gasteiger partial charge in [-0.2, -0.15) is 0 Å². The molecule has 16 heavy (non-hydrogen) atoms. The van der Waals surface area contributed by atoms with E-state index in [2.05, 4.69) is 25.2 Å². The van der Waals surface area contributed by atoms with Crippen molar-refractivity contribution in [3.63, 3.8) is 0 Å². The van der Waals surface area contributed by atoms with Gasteiger partial charge < -0.3 is 5.32 Å². The van der Waals surface area contributed by atoms with Gasteiger partial charge in [0.25, 0.3) is 0 Å². The number of hydrogen-bond donors (Lipinski definition) is 1. The first-order valence-electron chi connectivity index (χ1n) is 5.52. The van der Waals surface area contributed by atoms with E-state index in [-0.39, 0.29) is 0 Å². The lowest BCUT2D eigenvalue weighted by molar-refractivity contribution is 0.762. The van der Waals surface area contributed by atoms with Crippen molar-refractivity contribution in [2.45, 2.75) is 20.3 Å². The van der Waals surface area contributed by atoms with Crippen LogP contribution in [0.15, 0.2) is 23.8 Å². The summed E-state index contributed by atoms with van der Waals surface area (Å²) >= 11 is 11.9. The second-order valence-corrected chi connectivity index (χ2v) is 4.51. The Hall–Kier alpha value is -0.500. The lowest BCUT2D eigenvalue weighted by Crippen LogP contribution is -2.15. The van der Waals surface area contributed by atoms with Gasteiger partial charge in [-0.15, -0.1) is 0 Å². The number of benzene rings is 1. The molecule has 88 valence electrons. The quantitative estimate of drug-likeness (QED) is 0.825. The molecule has 1 aromatic rings. The molecule has 0 bridgehead atoms. The zero-order valence-electron chi connectivity index (χ0n) is 9.69. The first kappa shape index (κ1) is 13.6. The molecule has 0 aliphatic heterocycles. The van der Waals surface area contributed by atoms with E-state index in [9.17, 15) is 0 Å². The lowest BCUT2D eigenvalue weighted by Gasteiger charge is -2.06. The average Bonchev–Trinajstić information content (AvgIpc) is 2.22. The summed E-state index contributed by atoms with van der Waals surface area (Å²) in [7, 11) is 0. The van der Waals surface area contributed by atoms with Crippen molar-refractivity contribution in [3.05, 3.63) is 39.4 Å². The molecule has 0 spiro atoms. The van der Waals surface area contributed by atoms with Gasteiger partial charge >= 0.3 is 0 Å². The van der Waals surface area contributed by atoms with Crippen molar-refractivity contribution in [3.8, 4) is 0 Å². The molecule has 1 aromatic carbocycles. The van der Waals surface area contributed by atoms with Gasteiger partial charge in [-0.05, 0) is 36.7 Å². The third-order valence-corrected chi connectivity index (χ3v) is 2.75. The fourth-order valence-electron chi connectivity index (χ4n) is 1.46. The summed E-state index contributed by atoms with van der Waals surface area (Å²) < 4.78 is 0. The molecule has 0 aliphatic carbocycles. The maximum Gasteiger partial charge on any atom is 0.0426 e. The highest BCUT2D eigenvalue weighted by atomic mass is 35.5. The van der Waals surface area contributed by atoms with Crippen LogP contribution in [0.5, 0.6) is 0 Å². The van der Waals surface area contributed by atoms with Crippen molar-refractivity contribution in [2.24, 2.45) is 0 Å². The van der Waals surface area contributed by atoms with E-state index in [1.807, 2.05) is 12.1 Å². The maximum atomic E-state index is 5.95. The molecule has 0 fully saturated rings. The smallest absolute Gasteiger partial charge is 0.0426 e. The molecule has 0 saturated carbocycles. The van der Waals surface area contributed by atoms with Gasteiger partial charge in [0.05, 0.1) is 0 Å². The summed E-state index contributed by atoms with van der Waals surface area (Å²) in [4.78, 5) is 0. The van der Waals surface area contributed by atoms with E-state index in [0.29, 0.717) is 10.0 Å². The molecule has 1 N–H and O–H groups in total. The molecule has 0 heterocycles. The first-order chi connectivity index (χ1) is 7.65. The normalized spacial score (nSPS) is 11.9. The second-order valence-electron chi connectivity index (χ2n) is 3.64. The SMILES string of the molecule is CCNCC(=Cc1cc(Cl)cc(Cl)c1)CC. The predicted molar refractivity (Wildman–Crippen MR) is 73.3 cm³/mol. The molecule has 3 heteroatoms. The van der Waals surface area contributed by atoms with Crippen LogP contribution in [0.2, 0.25) is 10.0 Å². The summed E-state index contributed by atoms with van der Waals surface area (Å²) in [5.41, 5.74) is 2.41. The van der Waals surface area contributed by atoms with E-state index in [0.717, 1.165) is 25.1 Å². The Bertz CT molecular complexity index is 352. The number of rotatable bonds is 5. The van der Waals surface area contributed by atoms with E-state index in [1.165, 1.54) is 5.57 Å². The molecular formula is C13H17Cl2N. The minimum absolute atomic E-state index is 0.678. The number of likely N-dealkylation sites (N-methyl/N-ethyl adjacent to an activating group) is 1. The molecule has 1 nitrogen and oxygen atoms in total. The predicted octanol–water partition coefficient (Wildman–Crippen LogP) is 4.40. The van der Waals surface area contributed by atoms with Gasteiger partial charge in [-0.3, -0.25) is 0 Å². The minimum atomic E-state index is 0.678. The van der Waals surface area contributed by atoms with E-state index in [4.69, 9.17) is 23.2 Å². The van der Waals surface area contributed by atoms with Gasteiger partial charge in [0.2, 0.25) is 0 Å². The van der Waals surface area contributed by atoms with E-state index in [1.54, 1.807) is 6.07 Å². The Morgan fingerprint density at radius 3 is 2.31 bits per heavy atom. The van der Waals surface area contributed by atoms with Crippen LogP contribution < -0.4 is 5.32 Å². The van der Waals surface area contributed by atoms with Crippen molar-refractivity contribution in [2.75, 3.05) is 13.1 Å². The van der Waals surface area contributed by atoms with Crippen LogP contribution >= 0.6 is 23.2 Å². The standard InChI is InChI=1S/C13H17Cl2N/c1-3-10(9-16-4-2)5-11-6-12(14)8-13(15)7-11/h5-8,16H,3-4,9H2,1-2H3. The molecule has 0 aliphatic rings. The second kappa shape index (κ2) is 6.95. The molecular weight excluding hydrogens is 241 g/mol. The fourth-order valence-corrected chi connectivity index (χ4v) is 2.00. The van der Waals surface area contributed by atoms with Crippen LogP contribution in [0, 0.1) is 0 Å². The van der Waals surface area contributed by atoms with Crippen LogP contribution in [-0.4, -0.2) is 13.1 Å². The van der Waals surface area contributed by atoms with Gasteiger partial charge in [-0.25, -0.2) is 0 Å². The van der Waals surface area contributed by atoms with Crippen LogP contribution in [0.4, 0.5) is 0 Å². The summed E-state index contributed by atoms with van der Waals surface area (Å²) in [6, 6.07) is 5.60. The molecule has 0 unspecified atom stereocenters. The topological polar surface area (TPSA) is 12.0 Å². The molecule has 0 aromatic heterocycles. The van der Waals surface area contributed by atoms with Crippen molar-refractivity contribution in [1.29, 1.82) is 0 Å². The highest BCUT2D eigenvalue weighted by Crippen LogP contribution is 2.21. The van der Waals surface area contributed by atoms with Crippen LogP contribution in [0.1, 0.15) is 25.8 Å². The summed E-state index contributed by atoms with van der Waals surface area (Å²) in [6.07, 6.45) is 3.16. The van der Waals surface area contributed by atoms with Crippen LogP contribution in [0.3, 0.4) is 0 Å². The van der Waals surface area contributed by atoms with Crippen molar-refractivity contribution < 1.29 is 0 Å². The van der Waals surface area contributed by atoms with Gasteiger partial charge in [0.15, 0.2) is 0 Å². The zero-order chi connectivity index (χ0) is 12.0. The maximum absolute atomic E-state index is 5.95. The number of halogens is 2. The minimum Gasteiger partial charge on any atom is -0.313 e. The molecule has 0 radical (unpaired) electrons. The largest absolute Gasteiger partial charge is 0.313 e. The Kier molecular flexibility index (Phi) is 5.89. The Morgan fingerprint density at radius 1 is 1.19 bits per heavy atom. The highest BCUT2D eigenvalue weighted by molar-refractivity contribution is 6.34. The number of hydrogen-bond acceptors (Lipinski definition) is 1. The first-order valence-corrected chi connectivity index (χ1v) is 6.27. The van der Waals surface area contributed by atoms with E-state index >= 15 is 0 Å². The van der Waals surface area contributed by atoms with Gasteiger partial charge in [0.1, 0.15) is 0 Å². The molecule has 0 amide bonds.